The average Bonchev–Trinajstić information content (AvgIpc) is 2.94. The van der Waals surface area contributed by atoms with Gasteiger partial charge in [-0.25, -0.2) is 9.97 Å². The molecule has 0 aliphatic carbocycles. The first kappa shape index (κ1) is 12.2. The Kier molecular flexibility index (Phi) is 3.43. The molecule has 0 saturated heterocycles. The van der Waals surface area contributed by atoms with Crippen LogP contribution in [-0.2, 0) is 6.42 Å². The summed E-state index contributed by atoms with van der Waals surface area (Å²) in [6.07, 6.45) is 0.834. The van der Waals surface area contributed by atoms with Crippen LogP contribution in [0.2, 0.25) is 0 Å². The Morgan fingerprint density at radius 2 is 2.17 bits per heavy atom. The molecule has 0 amide bonds. The van der Waals surface area contributed by atoms with Gasteiger partial charge in [-0.2, -0.15) is 0 Å². The molecule has 2 N–H and O–H groups in total. The molecule has 0 atom stereocenters. The second kappa shape index (κ2) is 5.05. The number of nitrogens with two attached hydrogens (primary N) is 1. The van der Waals surface area contributed by atoms with Crippen molar-refractivity contribution in [3.8, 4) is 10.7 Å². The van der Waals surface area contributed by atoms with Gasteiger partial charge in [-0.05, 0) is 24.7 Å². The van der Waals surface area contributed by atoms with Crippen molar-refractivity contribution < 1.29 is 0 Å². The molecule has 92 valence electrons. The summed E-state index contributed by atoms with van der Waals surface area (Å²) in [5, 5.41) is 4.10. The first-order chi connectivity index (χ1) is 8.76. The van der Waals surface area contributed by atoms with Crippen molar-refractivity contribution in [1.82, 2.24) is 9.97 Å². The van der Waals surface area contributed by atoms with Gasteiger partial charge in [0.2, 0.25) is 0 Å². The van der Waals surface area contributed by atoms with E-state index in [-0.39, 0.29) is 0 Å². The highest BCUT2D eigenvalue weighted by Gasteiger charge is 2.10. The van der Waals surface area contributed by atoms with E-state index in [9.17, 15) is 0 Å². The largest absolute Gasteiger partial charge is 0.330 e. The fourth-order valence-electron chi connectivity index (χ4n) is 1.66. The standard InChI is InChI=1S/C12H10BrN3S2/c13-7-1-2-10-8(5-7)16-12(18-10)9-6-17-11(15-9)3-4-14/h1-2,5-6H,3-4,14H2. The highest BCUT2D eigenvalue weighted by Crippen LogP contribution is 2.32. The van der Waals surface area contributed by atoms with Crippen LogP contribution in [0.25, 0.3) is 20.9 Å². The number of aromatic nitrogens is 2. The molecule has 0 spiro atoms. The SMILES string of the molecule is NCCc1nc(-c2nc3cc(Br)ccc3s2)cs1. The van der Waals surface area contributed by atoms with Gasteiger partial charge in [-0.1, -0.05) is 15.9 Å². The van der Waals surface area contributed by atoms with Crippen molar-refractivity contribution in [2.24, 2.45) is 5.73 Å². The Bertz CT molecular complexity index is 690. The molecule has 0 bridgehead atoms. The quantitative estimate of drug-likeness (QED) is 0.791. The Balaban J connectivity index is 2.02. The molecule has 2 aromatic heterocycles. The molecule has 0 saturated carbocycles. The van der Waals surface area contributed by atoms with E-state index in [1.807, 2.05) is 12.1 Å². The van der Waals surface area contributed by atoms with Crippen LogP contribution in [0.5, 0.6) is 0 Å². The normalized spacial score (nSPS) is 11.2. The van der Waals surface area contributed by atoms with Crippen LogP contribution in [-0.4, -0.2) is 16.5 Å². The third-order valence-corrected chi connectivity index (χ3v) is 4.94. The minimum Gasteiger partial charge on any atom is -0.330 e. The van der Waals surface area contributed by atoms with Crippen LogP contribution in [0, 0.1) is 0 Å². The van der Waals surface area contributed by atoms with E-state index in [1.54, 1.807) is 22.7 Å². The van der Waals surface area contributed by atoms with Gasteiger partial charge < -0.3 is 5.73 Å². The Labute approximate surface area is 121 Å². The summed E-state index contributed by atoms with van der Waals surface area (Å²) in [6.45, 7) is 0.639. The molecule has 0 unspecified atom stereocenters. The van der Waals surface area contributed by atoms with Gasteiger partial charge in [0.05, 0.1) is 15.2 Å². The topological polar surface area (TPSA) is 51.8 Å². The van der Waals surface area contributed by atoms with Gasteiger partial charge in [0.15, 0.2) is 0 Å². The highest BCUT2D eigenvalue weighted by molar-refractivity contribution is 9.10. The summed E-state index contributed by atoms with van der Waals surface area (Å²) >= 11 is 6.78. The van der Waals surface area contributed by atoms with Crippen molar-refractivity contribution in [3.05, 3.63) is 33.1 Å². The maximum atomic E-state index is 5.53. The van der Waals surface area contributed by atoms with Crippen molar-refractivity contribution in [1.29, 1.82) is 0 Å². The summed E-state index contributed by atoms with van der Waals surface area (Å²) in [5.74, 6) is 0. The van der Waals surface area contributed by atoms with Crippen LogP contribution < -0.4 is 5.73 Å². The maximum Gasteiger partial charge on any atom is 0.143 e. The predicted molar refractivity (Wildman–Crippen MR) is 81.2 cm³/mol. The zero-order chi connectivity index (χ0) is 12.5. The van der Waals surface area contributed by atoms with Crippen LogP contribution in [0.1, 0.15) is 5.01 Å². The molecule has 0 radical (unpaired) electrons. The smallest absolute Gasteiger partial charge is 0.143 e. The molecule has 18 heavy (non-hydrogen) atoms. The van der Waals surface area contributed by atoms with Crippen molar-refractivity contribution in [2.45, 2.75) is 6.42 Å². The van der Waals surface area contributed by atoms with E-state index < -0.39 is 0 Å². The molecule has 0 fully saturated rings. The number of fused-ring (bicyclic) bond motifs is 1. The van der Waals surface area contributed by atoms with E-state index >= 15 is 0 Å². The molecule has 0 aliphatic heterocycles. The van der Waals surface area contributed by atoms with Crippen molar-refractivity contribution >= 4 is 48.8 Å². The Morgan fingerprint density at radius 3 is 3.00 bits per heavy atom. The number of nitrogens with zero attached hydrogens (tertiary/aromatic N) is 2. The first-order valence-electron chi connectivity index (χ1n) is 5.47. The van der Waals surface area contributed by atoms with E-state index in [2.05, 4.69) is 37.3 Å². The number of thiazole rings is 2. The zero-order valence-corrected chi connectivity index (χ0v) is 12.6. The molecule has 0 aliphatic rings. The minimum atomic E-state index is 0.639. The maximum absolute atomic E-state index is 5.53. The van der Waals surface area contributed by atoms with Gasteiger partial charge in [0.1, 0.15) is 10.7 Å². The summed E-state index contributed by atoms with van der Waals surface area (Å²) in [6, 6.07) is 6.14. The highest BCUT2D eigenvalue weighted by atomic mass is 79.9. The molecule has 6 heteroatoms. The third kappa shape index (κ3) is 2.33. The second-order valence-electron chi connectivity index (χ2n) is 3.80. The fourth-order valence-corrected chi connectivity index (χ4v) is 3.79. The third-order valence-electron chi connectivity index (χ3n) is 2.48. The first-order valence-corrected chi connectivity index (χ1v) is 7.96. The molecule has 3 rings (SSSR count). The van der Waals surface area contributed by atoms with Gasteiger partial charge in [-0.15, -0.1) is 22.7 Å². The lowest BCUT2D eigenvalue weighted by atomic mass is 10.3. The van der Waals surface area contributed by atoms with Crippen molar-refractivity contribution in [3.63, 3.8) is 0 Å². The lowest BCUT2D eigenvalue weighted by molar-refractivity contribution is 0.954. The van der Waals surface area contributed by atoms with Crippen LogP contribution in [0.3, 0.4) is 0 Å². The molecular weight excluding hydrogens is 330 g/mol. The van der Waals surface area contributed by atoms with E-state index in [1.165, 1.54) is 4.70 Å². The Morgan fingerprint density at radius 1 is 1.28 bits per heavy atom. The molecular formula is C12H10BrN3S2. The van der Waals surface area contributed by atoms with Gasteiger partial charge >= 0.3 is 0 Å². The average molecular weight is 340 g/mol. The number of hydrogen-bond acceptors (Lipinski definition) is 5. The minimum absolute atomic E-state index is 0.639. The lowest BCUT2D eigenvalue weighted by Crippen LogP contribution is -2.01. The summed E-state index contributed by atoms with van der Waals surface area (Å²) < 4.78 is 2.23. The van der Waals surface area contributed by atoms with Crippen molar-refractivity contribution in [2.75, 3.05) is 6.54 Å². The van der Waals surface area contributed by atoms with E-state index in [0.717, 1.165) is 32.1 Å². The summed E-state index contributed by atoms with van der Waals surface area (Å²) in [5.41, 5.74) is 7.51. The number of hydrogen-bond donors (Lipinski definition) is 1. The van der Waals surface area contributed by atoms with Crippen LogP contribution in [0.4, 0.5) is 0 Å². The van der Waals surface area contributed by atoms with Crippen LogP contribution >= 0.6 is 38.6 Å². The van der Waals surface area contributed by atoms with Gasteiger partial charge in [0, 0.05) is 16.3 Å². The number of benzene rings is 1. The predicted octanol–water partition coefficient (Wildman–Crippen LogP) is 3.68. The molecule has 3 nitrogen and oxygen atoms in total. The fraction of sp³-hybridized carbons (Fsp3) is 0.167. The zero-order valence-electron chi connectivity index (χ0n) is 9.39. The summed E-state index contributed by atoms with van der Waals surface area (Å²) in [4.78, 5) is 9.18. The lowest BCUT2D eigenvalue weighted by Gasteiger charge is -1.88. The van der Waals surface area contributed by atoms with Gasteiger partial charge in [-0.3, -0.25) is 0 Å². The molecule has 3 aromatic rings. The van der Waals surface area contributed by atoms with Gasteiger partial charge in [0.25, 0.3) is 0 Å². The number of halogens is 1. The summed E-state index contributed by atoms with van der Waals surface area (Å²) in [7, 11) is 0. The van der Waals surface area contributed by atoms with Crippen LogP contribution in [0.15, 0.2) is 28.1 Å². The van der Waals surface area contributed by atoms with E-state index in [4.69, 9.17) is 5.73 Å². The second-order valence-corrected chi connectivity index (χ2v) is 6.69. The molecule has 2 heterocycles. The molecule has 1 aromatic carbocycles. The monoisotopic (exact) mass is 339 g/mol. The van der Waals surface area contributed by atoms with E-state index in [0.29, 0.717) is 6.54 Å². The number of rotatable bonds is 3. The Hall–Kier alpha value is -0.820.